The van der Waals surface area contributed by atoms with Crippen LogP contribution in [0.5, 0.6) is 0 Å². The van der Waals surface area contributed by atoms with E-state index in [1.165, 1.54) is 41.3 Å². The van der Waals surface area contributed by atoms with E-state index in [9.17, 15) is 28.1 Å². The van der Waals surface area contributed by atoms with E-state index in [2.05, 4.69) is 21.2 Å². The Labute approximate surface area is 277 Å². The van der Waals surface area contributed by atoms with Crippen molar-refractivity contribution in [3.8, 4) is 0 Å². The first-order chi connectivity index (χ1) is 21.7. The van der Waals surface area contributed by atoms with Crippen molar-refractivity contribution >= 4 is 49.1 Å². The van der Waals surface area contributed by atoms with Crippen LogP contribution in [-0.2, 0) is 32.6 Å². The molecule has 0 fully saturated rings. The summed E-state index contributed by atoms with van der Waals surface area (Å²) in [6.45, 7) is 4.87. The molecule has 1 N–H and O–H groups in total. The van der Waals surface area contributed by atoms with E-state index in [1.54, 1.807) is 18.2 Å². The number of nitro benzene ring substituents is 1. The van der Waals surface area contributed by atoms with E-state index in [-0.39, 0.29) is 29.2 Å². The molecule has 0 unspecified atom stereocenters. The molecule has 0 aliphatic carbocycles. The van der Waals surface area contributed by atoms with Gasteiger partial charge in [-0.15, -0.1) is 0 Å². The number of carbonyl (C=O) groups excluding carboxylic acids is 2. The van der Waals surface area contributed by atoms with E-state index in [1.807, 2.05) is 75.4 Å². The molecule has 12 heteroatoms. The number of carbonyl (C=O) groups is 2. The van der Waals surface area contributed by atoms with Crippen LogP contribution in [0.4, 0.5) is 11.4 Å². The lowest BCUT2D eigenvalue weighted by atomic mass is 10.0. The molecule has 4 aromatic carbocycles. The Kier molecular flexibility index (Phi) is 11.0. The number of nitrogens with zero attached hydrogens (tertiary/aromatic N) is 3. The minimum Gasteiger partial charge on any atom is -0.350 e. The Balaban J connectivity index is 1.82. The van der Waals surface area contributed by atoms with Gasteiger partial charge in [0, 0.05) is 35.1 Å². The highest BCUT2D eigenvalue weighted by molar-refractivity contribution is 9.10. The average molecular weight is 708 g/mol. The van der Waals surface area contributed by atoms with E-state index in [0.29, 0.717) is 0 Å². The summed E-state index contributed by atoms with van der Waals surface area (Å²) in [5.74, 6) is -1.03. The molecular formula is C34H35BrN4O6S. The molecule has 0 saturated carbocycles. The van der Waals surface area contributed by atoms with E-state index in [0.717, 1.165) is 19.9 Å². The number of rotatable bonds is 12. The van der Waals surface area contributed by atoms with Crippen LogP contribution >= 0.6 is 15.9 Å². The molecule has 0 radical (unpaired) electrons. The van der Waals surface area contributed by atoms with Crippen molar-refractivity contribution in [2.45, 2.75) is 50.2 Å². The van der Waals surface area contributed by atoms with Crippen LogP contribution in [0.1, 0.15) is 31.9 Å². The van der Waals surface area contributed by atoms with Gasteiger partial charge in [0.2, 0.25) is 11.8 Å². The number of hydrogen-bond acceptors (Lipinski definition) is 6. The van der Waals surface area contributed by atoms with Crippen LogP contribution in [0.2, 0.25) is 0 Å². The fourth-order valence-corrected chi connectivity index (χ4v) is 6.48. The molecule has 4 aromatic rings. The van der Waals surface area contributed by atoms with Gasteiger partial charge in [-0.2, -0.15) is 0 Å². The highest BCUT2D eigenvalue weighted by Gasteiger charge is 2.35. The van der Waals surface area contributed by atoms with Crippen LogP contribution in [0, 0.1) is 10.1 Å². The Hall–Kier alpha value is -4.55. The van der Waals surface area contributed by atoms with Gasteiger partial charge in [0.15, 0.2) is 0 Å². The summed E-state index contributed by atoms with van der Waals surface area (Å²) in [4.78, 5) is 40.5. The molecule has 0 aromatic heterocycles. The molecule has 2 amide bonds. The lowest BCUT2D eigenvalue weighted by Crippen LogP contribution is -2.56. The second kappa shape index (κ2) is 14.7. The highest BCUT2D eigenvalue weighted by atomic mass is 79.9. The quantitative estimate of drug-likeness (QED) is 0.140. The molecule has 1 atom stereocenters. The van der Waals surface area contributed by atoms with Gasteiger partial charge in [-0.25, -0.2) is 8.42 Å². The normalized spacial score (nSPS) is 12.2. The highest BCUT2D eigenvalue weighted by Crippen LogP contribution is 2.27. The number of amides is 2. The Bertz CT molecular complexity index is 1760. The second-order valence-electron chi connectivity index (χ2n) is 11.7. The Morgan fingerprint density at radius 2 is 1.41 bits per heavy atom. The molecule has 0 bridgehead atoms. The standard InChI is InChI=1S/C34H35BrN4O6S/c1-34(2,3)36-33(41)31(22-25-10-6-4-7-11-25)37(23-26-14-16-27(35)17-15-26)32(40)24-38(28-18-20-29(21-19-28)39(42)43)46(44,45)30-12-8-5-9-13-30/h4-21,31H,22-24H2,1-3H3,(H,36,41)/t31-/m1/s1. The number of sulfonamides is 1. The zero-order valence-corrected chi connectivity index (χ0v) is 28.1. The van der Waals surface area contributed by atoms with E-state index in [4.69, 9.17) is 0 Å². The topological polar surface area (TPSA) is 130 Å². The van der Waals surface area contributed by atoms with Crippen LogP contribution in [0.15, 0.2) is 119 Å². The summed E-state index contributed by atoms with van der Waals surface area (Å²) < 4.78 is 29.8. The summed E-state index contributed by atoms with van der Waals surface area (Å²) in [6, 6.07) is 28.1. The second-order valence-corrected chi connectivity index (χ2v) is 14.5. The predicted octanol–water partition coefficient (Wildman–Crippen LogP) is 6.11. The molecule has 46 heavy (non-hydrogen) atoms. The molecule has 10 nitrogen and oxygen atoms in total. The maximum Gasteiger partial charge on any atom is 0.269 e. The first kappa shape index (κ1) is 34.3. The van der Waals surface area contributed by atoms with Crippen LogP contribution in [0.25, 0.3) is 0 Å². The third-order valence-electron chi connectivity index (χ3n) is 6.99. The fourth-order valence-electron chi connectivity index (χ4n) is 4.78. The van der Waals surface area contributed by atoms with E-state index >= 15 is 0 Å². The smallest absolute Gasteiger partial charge is 0.269 e. The summed E-state index contributed by atoms with van der Waals surface area (Å²) in [5, 5.41) is 14.3. The van der Waals surface area contributed by atoms with Crippen molar-refractivity contribution in [3.63, 3.8) is 0 Å². The van der Waals surface area contributed by atoms with Crippen molar-refractivity contribution < 1.29 is 22.9 Å². The van der Waals surface area contributed by atoms with Gasteiger partial charge in [-0.05, 0) is 68.3 Å². The number of anilines is 1. The maximum absolute atomic E-state index is 14.5. The number of hydrogen-bond donors (Lipinski definition) is 1. The number of non-ortho nitro benzene ring substituents is 1. The minimum absolute atomic E-state index is 0.0145. The van der Waals surface area contributed by atoms with Gasteiger partial charge in [0.1, 0.15) is 12.6 Å². The van der Waals surface area contributed by atoms with Gasteiger partial charge in [-0.3, -0.25) is 24.0 Å². The summed E-state index contributed by atoms with van der Waals surface area (Å²) >= 11 is 3.43. The SMILES string of the molecule is CC(C)(C)NC(=O)[C@@H](Cc1ccccc1)N(Cc1ccc(Br)cc1)C(=O)CN(c1ccc([N+](=O)[O-])cc1)S(=O)(=O)c1ccccc1. The molecule has 240 valence electrons. The van der Waals surface area contributed by atoms with Crippen molar-refractivity contribution in [2.75, 3.05) is 10.8 Å². The Morgan fingerprint density at radius 3 is 1.96 bits per heavy atom. The number of nitrogens with one attached hydrogen (secondary N) is 1. The first-order valence-electron chi connectivity index (χ1n) is 14.5. The van der Waals surface area contributed by atoms with E-state index < -0.39 is 44.9 Å². The third-order valence-corrected chi connectivity index (χ3v) is 9.31. The largest absolute Gasteiger partial charge is 0.350 e. The van der Waals surface area contributed by atoms with Gasteiger partial charge < -0.3 is 10.2 Å². The monoisotopic (exact) mass is 706 g/mol. The minimum atomic E-state index is -4.32. The maximum atomic E-state index is 14.5. The van der Waals surface area contributed by atoms with Crippen molar-refractivity contribution in [2.24, 2.45) is 0 Å². The zero-order chi connectivity index (χ0) is 33.5. The predicted molar refractivity (Wildman–Crippen MR) is 181 cm³/mol. The molecular weight excluding hydrogens is 672 g/mol. The summed E-state index contributed by atoms with van der Waals surface area (Å²) in [5.41, 5.74) is 0.760. The zero-order valence-electron chi connectivity index (χ0n) is 25.7. The van der Waals surface area contributed by atoms with Crippen molar-refractivity contribution in [1.29, 1.82) is 0 Å². The van der Waals surface area contributed by atoms with Gasteiger partial charge in [0.25, 0.3) is 15.7 Å². The Morgan fingerprint density at radius 1 is 0.848 bits per heavy atom. The molecule has 0 heterocycles. The average Bonchev–Trinajstić information content (AvgIpc) is 3.02. The molecule has 0 aliphatic rings. The molecule has 0 spiro atoms. The van der Waals surface area contributed by atoms with Crippen molar-refractivity contribution in [3.05, 3.63) is 135 Å². The number of nitro groups is 1. The van der Waals surface area contributed by atoms with Crippen LogP contribution in [0.3, 0.4) is 0 Å². The van der Waals surface area contributed by atoms with Crippen LogP contribution < -0.4 is 9.62 Å². The summed E-state index contributed by atoms with van der Waals surface area (Å²) in [6.07, 6.45) is 0.175. The van der Waals surface area contributed by atoms with Crippen molar-refractivity contribution in [1.82, 2.24) is 10.2 Å². The number of halogens is 1. The van der Waals surface area contributed by atoms with Gasteiger partial charge in [-0.1, -0.05) is 76.6 Å². The first-order valence-corrected chi connectivity index (χ1v) is 16.7. The lowest BCUT2D eigenvalue weighted by molar-refractivity contribution is -0.384. The van der Waals surface area contributed by atoms with Gasteiger partial charge in [0.05, 0.1) is 15.5 Å². The third kappa shape index (κ3) is 9.01. The molecule has 0 aliphatic heterocycles. The fraction of sp³-hybridized carbons (Fsp3) is 0.235. The molecule has 4 rings (SSSR count). The number of benzene rings is 4. The van der Waals surface area contributed by atoms with Crippen LogP contribution in [-0.4, -0.2) is 48.2 Å². The lowest BCUT2D eigenvalue weighted by Gasteiger charge is -2.35. The van der Waals surface area contributed by atoms with Gasteiger partial charge >= 0.3 is 0 Å². The summed E-state index contributed by atoms with van der Waals surface area (Å²) in [7, 11) is -4.32. The molecule has 0 saturated heterocycles.